The molecular formula is C17H16N2O3S. The Morgan fingerprint density at radius 1 is 1.26 bits per heavy atom. The molecule has 0 atom stereocenters. The zero-order valence-corrected chi connectivity index (χ0v) is 13.9. The number of fused-ring (bicyclic) bond motifs is 1. The molecule has 6 heteroatoms. The van der Waals surface area contributed by atoms with Gasteiger partial charge in [-0.3, -0.25) is 4.79 Å². The van der Waals surface area contributed by atoms with E-state index in [1.54, 1.807) is 19.0 Å². The van der Waals surface area contributed by atoms with Gasteiger partial charge in [0.15, 0.2) is 10.7 Å². The maximum atomic E-state index is 12.8. The van der Waals surface area contributed by atoms with Gasteiger partial charge >= 0.3 is 5.97 Å². The number of methoxy groups -OCH3 is 1. The molecule has 0 spiro atoms. The number of ketones is 1. The zero-order chi connectivity index (χ0) is 16.6. The predicted octanol–water partition coefficient (Wildman–Crippen LogP) is 2.82. The van der Waals surface area contributed by atoms with Crippen molar-refractivity contribution in [2.75, 3.05) is 26.1 Å². The third kappa shape index (κ3) is 2.66. The average molecular weight is 328 g/mol. The Bertz CT molecular complexity index is 821. The Morgan fingerprint density at radius 3 is 2.70 bits per heavy atom. The molecule has 1 aliphatic carbocycles. The van der Waals surface area contributed by atoms with E-state index >= 15 is 0 Å². The Morgan fingerprint density at radius 2 is 2.00 bits per heavy atom. The standard InChI is InChI=1S/C17H16N2O3S/c1-19(2)16-13(17(21)22-3)18-15(23-16)14(20)12-9-8-10-6-4-5-7-11(10)12/h4-7,9H,8H2,1-3H3. The van der Waals surface area contributed by atoms with Crippen molar-refractivity contribution in [2.24, 2.45) is 0 Å². The molecule has 118 valence electrons. The van der Waals surface area contributed by atoms with E-state index < -0.39 is 5.97 Å². The summed E-state index contributed by atoms with van der Waals surface area (Å²) in [7, 11) is 4.91. The molecule has 1 heterocycles. The molecule has 0 N–H and O–H groups in total. The van der Waals surface area contributed by atoms with Crippen LogP contribution < -0.4 is 4.90 Å². The van der Waals surface area contributed by atoms with Gasteiger partial charge in [-0.25, -0.2) is 9.78 Å². The summed E-state index contributed by atoms with van der Waals surface area (Å²) in [6.07, 6.45) is 2.66. The second-order valence-corrected chi connectivity index (χ2v) is 6.34. The minimum absolute atomic E-state index is 0.154. The first kappa shape index (κ1) is 15.4. The molecule has 0 bridgehead atoms. The molecule has 1 aromatic carbocycles. The molecule has 0 fully saturated rings. The van der Waals surface area contributed by atoms with Crippen LogP contribution >= 0.6 is 11.3 Å². The summed E-state index contributed by atoms with van der Waals surface area (Å²) in [6.45, 7) is 0. The van der Waals surface area contributed by atoms with Crippen LogP contribution in [0, 0.1) is 0 Å². The van der Waals surface area contributed by atoms with Gasteiger partial charge in [-0.05, 0) is 17.5 Å². The third-order valence-corrected chi connectivity index (χ3v) is 4.89. The fourth-order valence-corrected chi connectivity index (χ4v) is 3.49. The summed E-state index contributed by atoms with van der Waals surface area (Å²) in [4.78, 5) is 30.7. The number of ether oxygens (including phenoxy) is 1. The molecule has 0 aliphatic heterocycles. The van der Waals surface area contributed by atoms with Gasteiger partial charge in [-0.15, -0.1) is 0 Å². The molecule has 5 nitrogen and oxygen atoms in total. The van der Waals surface area contributed by atoms with Gasteiger partial charge in [0.05, 0.1) is 7.11 Å². The second kappa shape index (κ2) is 5.96. The first-order chi connectivity index (χ1) is 11.0. The van der Waals surface area contributed by atoms with E-state index in [0.29, 0.717) is 15.6 Å². The zero-order valence-electron chi connectivity index (χ0n) is 13.1. The highest BCUT2D eigenvalue weighted by Crippen LogP contribution is 2.34. The van der Waals surface area contributed by atoms with E-state index in [1.807, 2.05) is 30.3 Å². The van der Waals surface area contributed by atoms with Crippen LogP contribution in [-0.2, 0) is 11.2 Å². The number of benzene rings is 1. The fraction of sp³-hybridized carbons (Fsp3) is 0.235. The number of allylic oxidation sites excluding steroid dienone is 2. The molecule has 1 aromatic heterocycles. The average Bonchev–Trinajstić information content (AvgIpc) is 3.18. The molecule has 2 aromatic rings. The monoisotopic (exact) mass is 328 g/mol. The number of carbonyl (C=O) groups is 2. The fourth-order valence-electron chi connectivity index (χ4n) is 2.56. The Labute approximate surface area is 138 Å². The number of rotatable bonds is 4. The van der Waals surface area contributed by atoms with Crippen molar-refractivity contribution in [1.29, 1.82) is 0 Å². The predicted molar refractivity (Wildman–Crippen MR) is 90.2 cm³/mol. The van der Waals surface area contributed by atoms with Gasteiger partial charge in [0, 0.05) is 19.7 Å². The highest BCUT2D eigenvalue weighted by molar-refractivity contribution is 7.18. The summed E-state index contributed by atoms with van der Waals surface area (Å²) in [6, 6.07) is 7.83. The van der Waals surface area contributed by atoms with Gasteiger partial charge in [0.2, 0.25) is 5.78 Å². The second-order valence-electron chi connectivity index (χ2n) is 5.37. The Hall–Kier alpha value is -2.47. The van der Waals surface area contributed by atoms with Crippen molar-refractivity contribution < 1.29 is 14.3 Å². The number of anilines is 1. The van der Waals surface area contributed by atoms with Crippen LogP contribution in [0.3, 0.4) is 0 Å². The van der Waals surface area contributed by atoms with E-state index in [-0.39, 0.29) is 11.5 Å². The third-order valence-electron chi connectivity index (χ3n) is 3.67. The van der Waals surface area contributed by atoms with Crippen LogP contribution in [0.4, 0.5) is 5.00 Å². The van der Waals surface area contributed by atoms with Gasteiger partial charge < -0.3 is 9.64 Å². The van der Waals surface area contributed by atoms with Crippen molar-refractivity contribution in [3.8, 4) is 0 Å². The summed E-state index contributed by atoms with van der Waals surface area (Å²) in [5.41, 5.74) is 2.90. The molecule has 3 rings (SSSR count). The lowest BCUT2D eigenvalue weighted by atomic mass is 10.0. The van der Waals surface area contributed by atoms with E-state index in [2.05, 4.69) is 4.98 Å². The summed E-state index contributed by atoms with van der Waals surface area (Å²) < 4.78 is 4.75. The van der Waals surface area contributed by atoms with Crippen molar-refractivity contribution in [3.05, 3.63) is 52.2 Å². The van der Waals surface area contributed by atoms with Gasteiger partial charge in [-0.2, -0.15) is 0 Å². The number of hydrogen-bond acceptors (Lipinski definition) is 6. The molecule has 0 saturated carbocycles. The number of thiazole rings is 1. The normalized spacial score (nSPS) is 12.6. The number of hydrogen-bond donors (Lipinski definition) is 0. The van der Waals surface area contributed by atoms with E-state index in [9.17, 15) is 9.59 Å². The Kier molecular flexibility index (Phi) is 4.00. The summed E-state index contributed by atoms with van der Waals surface area (Å²) >= 11 is 1.20. The number of nitrogens with zero attached hydrogens (tertiary/aromatic N) is 2. The molecule has 0 saturated heterocycles. The van der Waals surface area contributed by atoms with Crippen LogP contribution in [0.5, 0.6) is 0 Å². The minimum Gasteiger partial charge on any atom is -0.464 e. The van der Waals surface area contributed by atoms with Crippen molar-refractivity contribution in [1.82, 2.24) is 4.98 Å². The smallest absolute Gasteiger partial charge is 0.359 e. The quantitative estimate of drug-likeness (QED) is 0.638. The lowest BCUT2D eigenvalue weighted by Crippen LogP contribution is -2.13. The summed E-state index contributed by atoms with van der Waals surface area (Å²) in [5.74, 6) is -0.692. The van der Waals surface area contributed by atoms with Gasteiger partial charge in [0.1, 0.15) is 5.00 Å². The number of esters is 1. The highest BCUT2D eigenvalue weighted by Gasteiger charge is 2.27. The Balaban J connectivity index is 2.00. The van der Waals surface area contributed by atoms with Crippen LogP contribution in [-0.4, -0.2) is 37.9 Å². The first-order valence-electron chi connectivity index (χ1n) is 7.12. The maximum Gasteiger partial charge on any atom is 0.359 e. The van der Waals surface area contributed by atoms with E-state index in [4.69, 9.17) is 4.74 Å². The number of carbonyl (C=O) groups excluding carboxylic acids is 2. The molecule has 0 amide bonds. The SMILES string of the molecule is COC(=O)c1nc(C(=O)C2=CCc3ccccc32)sc1N(C)C. The first-order valence-corrected chi connectivity index (χ1v) is 7.94. The van der Waals surface area contributed by atoms with Gasteiger partial charge in [0.25, 0.3) is 0 Å². The molecule has 0 unspecified atom stereocenters. The lowest BCUT2D eigenvalue weighted by Gasteiger charge is -2.09. The molecule has 23 heavy (non-hydrogen) atoms. The van der Waals surface area contributed by atoms with Crippen LogP contribution in [0.25, 0.3) is 5.57 Å². The van der Waals surface area contributed by atoms with Crippen molar-refractivity contribution >= 4 is 33.7 Å². The van der Waals surface area contributed by atoms with Crippen molar-refractivity contribution in [2.45, 2.75) is 6.42 Å². The summed E-state index contributed by atoms with van der Waals surface area (Å²) in [5, 5.41) is 0.920. The van der Waals surface area contributed by atoms with E-state index in [1.165, 1.54) is 18.4 Å². The molecule has 0 radical (unpaired) electrons. The maximum absolute atomic E-state index is 12.8. The lowest BCUT2D eigenvalue weighted by molar-refractivity contribution is 0.0595. The minimum atomic E-state index is -0.537. The van der Waals surface area contributed by atoms with Crippen LogP contribution in [0.1, 0.15) is 31.4 Å². The van der Waals surface area contributed by atoms with Crippen LogP contribution in [0.15, 0.2) is 30.3 Å². The molecular weight excluding hydrogens is 312 g/mol. The van der Waals surface area contributed by atoms with Gasteiger partial charge in [-0.1, -0.05) is 41.7 Å². The number of aromatic nitrogens is 1. The van der Waals surface area contributed by atoms with Crippen LogP contribution in [0.2, 0.25) is 0 Å². The topological polar surface area (TPSA) is 59.5 Å². The number of Topliss-reactive ketones (excluding diaryl/α,β-unsaturated/α-hetero) is 1. The largest absolute Gasteiger partial charge is 0.464 e. The highest BCUT2D eigenvalue weighted by atomic mass is 32.1. The van der Waals surface area contributed by atoms with Crippen molar-refractivity contribution in [3.63, 3.8) is 0 Å². The van der Waals surface area contributed by atoms with E-state index in [0.717, 1.165) is 17.5 Å². The molecule has 1 aliphatic rings.